The molecule has 0 aliphatic carbocycles. The number of ketones is 1. The van der Waals surface area contributed by atoms with Crippen LogP contribution in [0, 0.1) is 0 Å². The van der Waals surface area contributed by atoms with Crippen molar-refractivity contribution in [1.29, 1.82) is 0 Å². The summed E-state index contributed by atoms with van der Waals surface area (Å²) in [6, 6.07) is 16.1. The quantitative estimate of drug-likeness (QED) is 0.415. The van der Waals surface area contributed by atoms with E-state index >= 15 is 0 Å². The van der Waals surface area contributed by atoms with Gasteiger partial charge in [0.2, 0.25) is 0 Å². The Kier molecular flexibility index (Phi) is 8.34. The molecule has 3 aliphatic heterocycles. The van der Waals surface area contributed by atoms with Gasteiger partial charge in [-0.15, -0.1) is 0 Å². The molecule has 2 aromatic rings. The third-order valence-electron chi connectivity index (χ3n) is 7.52. The van der Waals surface area contributed by atoms with Crippen molar-refractivity contribution in [3.05, 3.63) is 71.3 Å². The van der Waals surface area contributed by atoms with E-state index < -0.39 is 11.9 Å². The molecule has 1 atom stereocenters. The fraction of sp³-hybridized carbons (Fsp3) is 0.467. The van der Waals surface area contributed by atoms with Crippen LogP contribution < -0.4 is 10.2 Å². The lowest BCUT2D eigenvalue weighted by atomic mass is 9.82. The van der Waals surface area contributed by atoms with Gasteiger partial charge in [-0.05, 0) is 61.6 Å². The Morgan fingerprint density at radius 1 is 1.14 bits per heavy atom. The van der Waals surface area contributed by atoms with E-state index in [2.05, 4.69) is 40.7 Å². The lowest BCUT2D eigenvalue weighted by Crippen LogP contribution is -2.51. The number of likely N-dealkylation sites (tertiary alicyclic amines) is 1. The first-order valence-corrected chi connectivity index (χ1v) is 13.5. The van der Waals surface area contributed by atoms with Gasteiger partial charge in [-0.25, -0.2) is 10.3 Å². The van der Waals surface area contributed by atoms with Gasteiger partial charge >= 0.3 is 0 Å². The molecule has 7 nitrogen and oxygen atoms in total. The summed E-state index contributed by atoms with van der Waals surface area (Å²) in [5, 5.41) is 0. The molecule has 0 saturated carbocycles. The van der Waals surface area contributed by atoms with Crippen molar-refractivity contribution in [1.82, 2.24) is 10.4 Å². The molecule has 3 heterocycles. The molecule has 5 rings (SSSR count). The number of hydrogen-bond acceptors (Lipinski definition) is 6. The highest BCUT2D eigenvalue weighted by atomic mass is 16.8. The van der Waals surface area contributed by atoms with E-state index in [9.17, 15) is 9.59 Å². The molecule has 196 valence electrons. The number of amides is 1. The summed E-state index contributed by atoms with van der Waals surface area (Å²) in [4.78, 5) is 33.0. The Bertz CT molecular complexity index is 1100. The smallest absolute Gasteiger partial charge is 0.267 e. The summed E-state index contributed by atoms with van der Waals surface area (Å²) in [5.41, 5.74) is 4.74. The van der Waals surface area contributed by atoms with E-state index in [1.165, 1.54) is 11.6 Å². The zero-order valence-corrected chi connectivity index (χ0v) is 21.3. The van der Waals surface area contributed by atoms with Crippen molar-refractivity contribution in [2.24, 2.45) is 0 Å². The Morgan fingerprint density at radius 3 is 2.76 bits per heavy atom. The molecule has 0 radical (unpaired) electrons. The van der Waals surface area contributed by atoms with E-state index in [0.29, 0.717) is 24.3 Å². The summed E-state index contributed by atoms with van der Waals surface area (Å²) in [5.74, 6) is 0.383. The van der Waals surface area contributed by atoms with Gasteiger partial charge in [0.1, 0.15) is 11.4 Å². The molecule has 1 N–H and O–H groups in total. The van der Waals surface area contributed by atoms with Gasteiger partial charge in [0.15, 0.2) is 12.1 Å². The Labute approximate surface area is 218 Å². The number of benzene rings is 2. The topological polar surface area (TPSA) is 77.1 Å². The zero-order chi connectivity index (χ0) is 25.5. The van der Waals surface area contributed by atoms with E-state index in [4.69, 9.17) is 14.3 Å². The molecular formula is C30H36N2O5. The van der Waals surface area contributed by atoms with Gasteiger partial charge in [0.25, 0.3) is 5.91 Å². The SMILES string of the molecule is O=C(/C=C/c1ccc2c(c1)C(=O)CC1(CCN(CCCc3ccccc3)CC1)O2)NOC1CCCCO1. The first kappa shape index (κ1) is 25.6. The predicted molar refractivity (Wildman–Crippen MR) is 141 cm³/mol. The Hall–Kier alpha value is -3.00. The van der Waals surface area contributed by atoms with Gasteiger partial charge in [0.05, 0.1) is 12.0 Å². The van der Waals surface area contributed by atoms with Crippen LogP contribution in [0.25, 0.3) is 6.08 Å². The molecule has 0 bridgehead atoms. The molecule has 2 aromatic carbocycles. The molecule has 0 aromatic heterocycles. The summed E-state index contributed by atoms with van der Waals surface area (Å²) in [7, 11) is 0. The highest BCUT2D eigenvalue weighted by Crippen LogP contribution is 2.39. The second-order valence-electron chi connectivity index (χ2n) is 10.3. The van der Waals surface area contributed by atoms with Gasteiger partial charge in [-0.3, -0.25) is 9.59 Å². The maximum absolute atomic E-state index is 13.1. The zero-order valence-electron chi connectivity index (χ0n) is 21.3. The van der Waals surface area contributed by atoms with Crippen LogP contribution in [-0.2, 0) is 20.8 Å². The number of Topliss-reactive ketones (excluding diaryl/α,β-unsaturated/α-hetero) is 1. The fourth-order valence-corrected chi connectivity index (χ4v) is 5.36. The van der Waals surface area contributed by atoms with Crippen LogP contribution in [0.1, 0.15) is 66.4 Å². The van der Waals surface area contributed by atoms with E-state index in [1.807, 2.05) is 12.1 Å². The van der Waals surface area contributed by atoms with Crippen molar-refractivity contribution in [3.63, 3.8) is 0 Å². The third-order valence-corrected chi connectivity index (χ3v) is 7.52. The third kappa shape index (κ3) is 6.86. The van der Waals surface area contributed by atoms with Crippen LogP contribution in [0.5, 0.6) is 5.75 Å². The number of hydrogen-bond donors (Lipinski definition) is 1. The summed E-state index contributed by atoms with van der Waals surface area (Å²) in [6.07, 6.45) is 9.83. The second-order valence-corrected chi connectivity index (χ2v) is 10.3. The molecule has 2 fully saturated rings. The highest BCUT2D eigenvalue weighted by Gasteiger charge is 2.42. The normalized spacial score (nSPS) is 21.5. The van der Waals surface area contributed by atoms with Crippen molar-refractivity contribution >= 4 is 17.8 Å². The number of carbonyl (C=O) groups is 2. The second kappa shape index (κ2) is 12.0. The average molecular weight is 505 g/mol. The van der Waals surface area contributed by atoms with Crippen LogP contribution in [-0.4, -0.2) is 54.7 Å². The monoisotopic (exact) mass is 504 g/mol. The number of rotatable bonds is 8. The van der Waals surface area contributed by atoms with Crippen molar-refractivity contribution in [2.45, 2.75) is 63.3 Å². The van der Waals surface area contributed by atoms with Crippen LogP contribution in [0.2, 0.25) is 0 Å². The predicted octanol–water partition coefficient (Wildman–Crippen LogP) is 4.71. The Balaban J connectivity index is 1.11. The van der Waals surface area contributed by atoms with Gasteiger partial charge in [-0.2, -0.15) is 0 Å². The largest absolute Gasteiger partial charge is 0.486 e. The number of carbonyl (C=O) groups excluding carboxylic acids is 2. The number of nitrogens with one attached hydrogen (secondary N) is 1. The first-order valence-electron chi connectivity index (χ1n) is 13.5. The van der Waals surface area contributed by atoms with E-state index in [-0.39, 0.29) is 11.7 Å². The van der Waals surface area contributed by atoms with Crippen molar-refractivity contribution < 1.29 is 23.9 Å². The molecule has 1 amide bonds. The van der Waals surface area contributed by atoms with Gasteiger partial charge < -0.3 is 14.4 Å². The molecule has 37 heavy (non-hydrogen) atoms. The first-order chi connectivity index (χ1) is 18.1. The summed E-state index contributed by atoms with van der Waals surface area (Å²) < 4.78 is 11.9. The maximum atomic E-state index is 13.1. The number of fused-ring (bicyclic) bond motifs is 1. The van der Waals surface area contributed by atoms with Crippen molar-refractivity contribution in [3.8, 4) is 5.75 Å². The number of nitrogens with zero attached hydrogens (tertiary/aromatic N) is 1. The highest BCUT2D eigenvalue weighted by molar-refractivity contribution is 6.01. The van der Waals surface area contributed by atoms with Gasteiger partial charge in [-0.1, -0.05) is 36.4 Å². The molecule has 3 aliphatic rings. The summed E-state index contributed by atoms with van der Waals surface area (Å²) >= 11 is 0. The van der Waals surface area contributed by atoms with Gasteiger partial charge in [0, 0.05) is 45.0 Å². The standard InChI is InChI=1S/C30H36N2O5/c33-26-22-30(15-18-32(19-16-30)17-6-9-23-7-2-1-3-8-23)36-27-13-11-24(21-25(26)27)12-14-28(34)31-37-29-10-4-5-20-35-29/h1-3,7-8,11-14,21,29H,4-6,9-10,15-20,22H2,(H,31,34)/b14-12+. The minimum atomic E-state index is -0.407. The average Bonchev–Trinajstić information content (AvgIpc) is 2.93. The molecule has 1 unspecified atom stereocenters. The number of ether oxygens (including phenoxy) is 2. The number of aryl methyl sites for hydroxylation is 1. The minimum absolute atomic E-state index is 0.108. The van der Waals surface area contributed by atoms with E-state index in [0.717, 1.165) is 70.1 Å². The molecule has 2 saturated heterocycles. The van der Waals surface area contributed by atoms with Crippen LogP contribution >= 0.6 is 0 Å². The minimum Gasteiger partial charge on any atom is -0.486 e. The van der Waals surface area contributed by atoms with Crippen LogP contribution in [0.3, 0.4) is 0 Å². The fourth-order valence-electron chi connectivity index (χ4n) is 5.36. The number of piperidine rings is 1. The Morgan fingerprint density at radius 2 is 1.97 bits per heavy atom. The van der Waals surface area contributed by atoms with E-state index in [1.54, 1.807) is 12.1 Å². The molecule has 7 heteroatoms. The van der Waals surface area contributed by atoms with Crippen LogP contribution in [0.15, 0.2) is 54.6 Å². The number of hydroxylamine groups is 1. The lowest BCUT2D eigenvalue weighted by Gasteiger charge is -2.44. The maximum Gasteiger partial charge on any atom is 0.267 e. The molecular weight excluding hydrogens is 468 g/mol. The summed E-state index contributed by atoms with van der Waals surface area (Å²) in [6.45, 7) is 3.61. The van der Waals surface area contributed by atoms with Crippen molar-refractivity contribution in [2.75, 3.05) is 26.2 Å². The lowest BCUT2D eigenvalue weighted by molar-refractivity contribution is -0.198. The molecule has 1 spiro atoms. The van der Waals surface area contributed by atoms with Crippen LogP contribution in [0.4, 0.5) is 0 Å².